The van der Waals surface area contributed by atoms with Gasteiger partial charge in [-0.25, -0.2) is 4.79 Å². The van der Waals surface area contributed by atoms with E-state index >= 15 is 0 Å². The van der Waals surface area contributed by atoms with Crippen LogP contribution < -0.4 is 14.8 Å². The number of hydrogen-bond donors (Lipinski definition) is 1. The predicted octanol–water partition coefficient (Wildman–Crippen LogP) is 2.50. The van der Waals surface area contributed by atoms with Crippen LogP contribution in [0.25, 0.3) is 6.08 Å². The molecular formula is C21H22N2O5. The molecule has 7 nitrogen and oxygen atoms in total. The lowest BCUT2D eigenvalue weighted by Crippen LogP contribution is -2.58. The molecule has 146 valence electrons. The first-order chi connectivity index (χ1) is 13.5. The van der Waals surface area contributed by atoms with Crippen molar-refractivity contribution in [2.75, 3.05) is 13.7 Å². The quantitative estimate of drug-likeness (QED) is 0.480. The van der Waals surface area contributed by atoms with Gasteiger partial charge >= 0.3 is 6.03 Å². The van der Waals surface area contributed by atoms with Crippen molar-refractivity contribution >= 4 is 23.9 Å². The van der Waals surface area contributed by atoms with Gasteiger partial charge in [0.25, 0.3) is 11.8 Å². The van der Waals surface area contributed by atoms with Gasteiger partial charge < -0.3 is 9.47 Å². The monoisotopic (exact) mass is 382 g/mol. The van der Waals surface area contributed by atoms with Gasteiger partial charge in [0.1, 0.15) is 12.2 Å². The number of methoxy groups -OCH3 is 1. The highest BCUT2D eigenvalue weighted by atomic mass is 16.5. The van der Waals surface area contributed by atoms with Crippen LogP contribution in [0.1, 0.15) is 37.7 Å². The fourth-order valence-corrected chi connectivity index (χ4v) is 3.52. The van der Waals surface area contributed by atoms with Crippen molar-refractivity contribution in [1.29, 1.82) is 0 Å². The summed E-state index contributed by atoms with van der Waals surface area (Å²) in [4.78, 5) is 38.6. The van der Waals surface area contributed by atoms with Crippen LogP contribution in [0.3, 0.4) is 0 Å². The van der Waals surface area contributed by atoms with Crippen molar-refractivity contribution < 1.29 is 23.9 Å². The molecule has 0 unspecified atom stereocenters. The lowest BCUT2D eigenvalue weighted by Gasteiger charge is -2.35. The van der Waals surface area contributed by atoms with E-state index in [-0.39, 0.29) is 18.2 Å². The molecule has 1 saturated carbocycles. The third-order valence-electron chi connectivity index (χ3n) is 4.88. The first-order valence-electron chi connectivity index (χ1n) is 9.20. The normalized spacial score (nSPS) is 19.4. The van der Waals surface area contributed by atoms with E-state index in [1.165, 1.54) is 18.1 Å². The van der Waals surface area contributed by atoms with Crippen molar-refractivity contribution in [2.24, 2.45) is 0 Å². The number of rotatable bonds is 5. The van der Waals surface area contributed by atoms with Crippen LogP contribution in [0, 0.1) is 12.3 Å². The molecule has 0 radical (unpaired) electrons. The molecule has 1 heterocycles. The molecule has 28 heavy (non-hydrogen) atoms. The number of barbiturate groups is 1. The molecule has 0 spiro atoms. The molecule has 0 atom stereocenters. The number of nitrogens with zero attached hydrogens (tertiary/aromatic N) is 1. The molecule has 1 aromatic carbocycles. The van der Waals surface area contributed by atoms with E-state index in [9.17, 15) is 14.4 Å². The van der Waals surface area contributed by atoms with Gasteiger partial charge in [-0.1, -0.05) is 31.2 Å². The van der Waals surface area contributed by atoms with Crippen LogP contribution in [-0.2, 0) is 9.59 Å². The molecule has 2 fully saturated rings. The largest absolute Gasteiger partial charge is 0.493 e. The van der Waals surface area contributed by atoms with Crippen LogP contribution in [0.2, 0.25) is 0 Å². The summed E-state index contributed by atoms with van der Waals surface area (Å²) in [7, 11) is 1.48. The number of urea groups is 1. The summed E-state index contributed by atoms with van der Waals surface area (Å²) in [5.74, 6) is 2.00. The van der Waals surface area contributed by atoms with Crippen LogP contribution in [0.4, 0.5) is 4.79 Å². The molecule has 4 amide bonds. The summed E-state index contributed by atoms with van der Waals surface area (Å²) in [5.41, 5.74) is 0.492. The van der Waals surface area contributed by atoms with Crippen molar-refractivity contribution in [3.63, 3.8) is 0 Å². The Morgan fingerprint density at radius 2 is 1.96 bits per heavy atom. The second kappa shape index (κ2) is 8.61. The van der Waals surface area contributed by atoms with Crippen LogP contribution >= 0.6 is 0 Å². The van der Waals surface area contributed by atoms with Crippen molar-refractivity contribution in [3.8, 4) is 23.8 Å². The number of benzene rings is 1. The first-order valence-corrected chi connectivity index (χ1v) is 9.20. The summed E-state index contributed by atoms with van der Waals surface area (Å²) in [5, 5.41) is 2.28. The van der Waals surface area contributed by atoms with Gasteiger partial charge in [-0.05, 0) is 36.6 Å². The summed E-state index contributed by atoms with van der Waals surface area (Å²) < 4.78 is 10.7. The Bertz CT molecular complexity index is 862. The topological polar surface area (TPSA) is 84.9 Å². The van der Waals surface area contributed by atoms with Crippen LogP contribution in [0.15, 0.2) is 23.8 Å². The third kappa shape index (κ3) is 4.01. The Morgan fingerprint density at radius 3 is 2.64 bits per heavy atom. The number of amides is 4. The second-order valence-electron chi connectivity index (χ2n) is 6.69. The van der Waals surface area contributed by atoms with Gasteiger partial charge in [0.05, 0.1) is 7.11 Å². The SMILES string of the molecule is C#CCOc1ccc(C=C2C(=O)NC(=O)N(C3CCCCC3)C2=O)cc1OC. The van der Waals surface area contributed by atoms with E-state index in [0.29, 0.717) is 17.1 Å². The lowest BCUT2D eigenvalue weighted by atomic mass is 9.93. The molecule has 1 N–H and O–H groups in total. The molecule has 1 aliphatic carbocycles. The molecule has 2 aliphatic rings. The van der Waals surface area contributed by atoms with Gasteiger partial charge in [0.2, 0.25) is 0 Å². The van der Waals surface area contributed by atoms with Crippen molar-refractivity contribution in [1.82, 2.24) is 10.2 Å². The maximum Gasteiger partial charge on any atom is 0.331 e. The van der Waals surface area contributed by atoms with E-state index in [4.69, 9.17) is 15.9 Å². The lowest BCUT2D eigenvalue weighted by molar-refractivity contribution is -0.132. The average molecular weight is 382 g/mol. The zero-order chi connectivity index (χ0) is 20.1. The molecule has 1 saturated heterocycles. The molecule has 0 bridgehead atoms. The van der Waals surface area contributed by atoms with Gasteiger partial charge in [0.15, 0.2) is 11.5 Å². The highest BCUT2D eigenvalue weighted by Crippen LogP contribution is 2.30. The number of imide groups is 2. The highest BCUT2D eigenvalue weighted by molar-refractivity contribution is 6.31. The molecular weight excluding hydrogens is 360 g/mol. The molecule has 0 aromatic heterocycles. The summed E-state index contributed by atoms with van der Waals surface area (Å²) in [6, 6.07) is 4.16. The Morgan fingerprint density at radius 1 is 1.21 bits per heavy atom. The minimum Gasteiger partial charge on any atom is -0.493 e. The van der Waals surface area contributed by atoms with E-state index in [0.717, 1.165) is 32.1 Å². The summed E-state index contributed by atoms with van der Waals surface area (Å²) >= 11 is 0. The van der Waals surface area contributed by atoms with E-state index in [1.54, 1.807) is 18.2 Å². The maximum absolute atomic E-state index is 12.9. The number of ether oxygens (including phenoxy) is 2. The summed E-state index contributed by atoms with van der Waals surface area (Å²) in [6.45, 7) is 0.0934. The Labute approximate surface area is 163 Å². The van der Waals surface area contributed by atoms with Crippen molar-refractivity contribution in [3.05, 3.63) is 29.3 Å². The average Bonchev–Trinajstić information content (AvgIpc) is 2.70. The number of nitrogens with one attached hydrogen (secondary N) is 1. The molecule has 1 aliphatic heterocycles. The first kappa shape index (κ1) is 19.5. The van der Waals surface area contributed by atoms with Gasteiger partial charge in [0, 0.05) is 6.04 Å². The predicted molar refractivity (Wildman–Crippen MR) is 103 cm³/mol. The number of carbonyl (C=O) groups excluding carboxylic acids is 3. The van der Waals surface area contributed by atoms with E-state index in [1.807, 2.05) is 0 Å². The Kier molecular flexibility index (Phi) is 5.99. The molecule has 3 rings (SSSR count). The van der Waals surface area contributed by atoms with Gasteiger partial charge in [-0.15, -0.1) is 6.42 Å². The zero-order valence-corrected chi connectivity index (χ0v) is 15.7. The maximum atomic E-state index is 12.9. The van der Waals surface area contributed by atoms with E-state index < -0.39 is 17.8 Å². The third-order valence-corrected chi connectivity index (χ3v) is 4.88. The van der Waals surface area contributed by atoms with Crippen LogP contribution in [0.5, 0.6) is 11.5 Å². The van der Waals surface area contributed by atoms with Gasteiger partial charge in [-0.2, -0.15) is 0 Å². The fourth-order valence-electron chi connectivity index (χ4n) is 3.52. The number of carbonyl (C=O) groups is 3. The minimum absolute atomic E-state index is 0.0791. The van der Waals surface area contributed by atoms with Crippen molar-refractivity contribution in [2.45, 2.75) is 38.1 Å². The Hall–Kier alpha value is -3.27. The highest BCUT2D eigenvalue weighted by Gasteiger charge is 2.40. The number of terminal acetylenes is 1. The second-order valence-corrected chi connectivity index (χ2v) is 6.69. The zero-order valence-electron chi connectivity index (χ0n) is 15.7. The number of hydrogen-bond acceptors (Lipinski definition) is 5. The Balaban J connectivity index is 1.89. The smallest absolute Gasteiger partial charge is 0.331 e. The fraction of sp³-hybridized carbons (Fsp3) is 0.381. The van der Waals surface area contributed by atoms with Gasteiger partial charge in [-0.3, -0.25) is 19.8 Å². The standard InChI is InChI=1S/C21H22N2O5/c1-3-11-28-17-10-9-14(13-18(17)27-2)12-16-19(24)22-21(26)23(20(16)25)15-7-5-4-6-8-15/h1,9-10,12-13,15H,4-8,11H2,2H3,(H,22,24,26). The minimum atomic E-state index is -0.700. The molecule has 7 heteroatoms. The molecule has 1 aromatic rings. The van der Waals surface area contributed by atoms with Crippen LogP contribution in [-0.4, -0.2) is 42.5 Å². The van der Waals surface area contributed by atoms with E-state index in [2.05, 4.69) is 11.2 Å². The summed E-state index contributed by atoms with van der Waals surface area (Å²) in [6.07, 6.45) is 11.2.